The number of carbonyl (C=O) groups is 5. The van der Waals surface area contributed by atoms with Crippen LogP contribution in [-0.2, 0) is 61.6 Å². The Kier molecular flexibility index (Phi) is 19.5. The third kappa shape index (κ3) is 10.9. The summed E-state index contributed by atoms with van der Waals surface area (Å²) in [4.78, 5) is 77.7. The first-order valence-corrected chi connectivity index (χ1v) is 33.2. The van der Waals surface area contributed by atoms with Crippen LogP contribution in [0.25, 0.3) is 22.8 Å². The summed E-state index contributed by atoms with van der Waals surface area (Å²) in [5.74, 6) is -13.3. The Labute approximate surface area is 566 Å². The van der Waals surface area contributed by atoms with Gasteiger partial charge in [-0.05, 0) is 105 Å². The number of benzene rings is 2. The van der Waals surface area contributed by atoms with Gasteiger partial charge in [-0.2, -0.15) is 0 Å². The fourth-order valence-corrected chi connectivity index (χ4v) is 17.9. The van der Waals surface area contributed by atoms with Crippen LogP contribution < -0.4 is 0 Å². The highest BCUT2D eigenvalue weighted by molar-refractivity contribution is 6.31. The zero-order valence-corrected chi connectivity index (χ0v) is 57.1. The molecule has 0 spiro atoms. The van der Waals surface area contributed by atoms with Crippen molar-refractivity contribution < 1.29 is 117 Å². The third-order valence-corrected chi connectivity index (χ3v) is 22.0. The highest BCUT2D eigenvalue weighted by Crippen LogP contribution is 2.67. The van der Waals surface area contributed by atoms with E-state index in [0.29, 0.717) is 0 Å². The van der Waals surface area contributed by atoms with Crippen LogP contribution in [0, 0.1) is 11.8 Å². The summed E-state index contributed by atoms with van der Waals surface area (Å²) in [6, 6.07) is -3.17. The Morgan fingerprint density at radius 3 is 1.37 bits per heavy atom. The number of likely N-dealkylation sites (N-methyl/N-ethyl adjacent to an activating group) is 2. The van der Waals surface area contributed by atoms with Crippen molar-refractivity contribution in [3.63, 3.8) is 0 Å². The maximum atomic E-state index is 18.0. The molecule has 532 valence electrons. The van der Waals surface area contributed by atoms with Crippen LogP contribution in [0.4, 0.5) is 0 Å². The van der Waals surface area contributed by atoms with Gasteiger partial charge in [-0.25, -0.2) is 0 Å². The summed E-state index contributed by atoms with van der Waals surface area (Å²) in [5.41, 5.74) is 1.28. The van der Waals surface area contributed by atoms with E-state index >= 15 is 4.79 Å². The molecule has 4 heterocycles. The summed E-state index contributed by atoms with van der Waals surface area (Å²) < 4.78 is 81.3. The molecule has 4 aliphatic heterocycles. The van der Waals surface area contributed by atoms with Gasteiger partial charge in [-0.3, -0.25) is 24.0 Å². The smallest absolute Gasteiger partial charge is 0.190 e. The van der Waals surface area contributed by atoms with E-state index in [1.54, 1.807) is 79.5 Å². The van der Waals surface area contributed by atoms with Gasteiger partial charge < -0.3 is 113 Å². The van der Waals surface area contributed by atoms with Crippen molar-refractivity contribution in [1.29, 1.82) is 0 Å². The van der Waals surface area contributed by atoms with Crippen LogP contribution in [-0.4, -0.2) is 253 Å². The van der Waals surface area contributed by atoms with Gasteiger partial charge in [0.1, 0.15) is 64.4 Å². The van der Waals surface area contributed by atoms with E-state index in [2.05, 4.69) is 5.11 Å². The number of aromatic hydroxyl groups is 4. The molecular formula is C70H87N4O24-. The Hall–Kier alpha value is -6.55. The highest BCUT2D eigenvalue weighted by atomic mass is 16.7. The van der Waals surface area contributed by atoms with Crippen LogP contribution in [0.15, 0.2) is 46.3 Å². The number of allylic oxidation sites excluding steroid dienone is 5. The van der Waals surface area contributed by atoms with E-state index in [9.17, 15) is 60.5 Å². The molecule has 2 aromatic rings. The maximum absolute atomic E-state index is 18.0. The fraction of sp³-hybridized carbons (Fsp3) is 0.614. The largest absolute Gasteiger partial charge is 0.711 e. The number of fused-ring (bicyclic) bond motifs is 7. The number of Topliss-reactive ketones (excluding diaryl/α,β-unsaturated/α-hetero) is 1. The predicted molar refractivity (Wildman–Crippen MR) is 344 cm³/mol. The quantitative estimate of drug-likeness (QED) is 0.0696. The molecule has 4 saturated heterocycles. The number of hydrogen-bond donors (Lipinski definition) is 7. The average Bonchev–Trinajstić information content (AvgIpc) is 1.41. The number of phenols is 4. The number of hydrogen-bond acceptors (Lipinski definition) is 27. The van der Waals surface area contributed by atoms with Crippen molar-refractivity contribution in [2.24, 2.45) is 17.0 Å². The van der Waals surface area contributed by atoms with E-state index in [0.717, 1.165) is 24.3 Å². The molecule has 6 aliphatic carbocycles. The molecule has 23 unspecified atom stereocenters. The van der Waals surface area contributed by atoms with E-state index in [1.165, 1.54) is 34.5 Å². The normalized spacial score (nSPS) is 38.3. The Morgan fingerprint density at radius 1 is 0.531 bits per heavy atom. The monoisotopic (exact) mass is 1370 g/mol. The molecule has 28 heteroatoms. The SMILES string of the molecule is CCC1(OC2CC(OC)C(OC)C(C)O2)C(OC2CC(O)C(N(C)C)C(C)O2)C2=C(C(=O)C1C1C(O)=C3C(=Cc4c(O)c5c(c(O)c43)C(=O)C=CC5=O)C(OC3CC(O)C(N(C)C)C(C)O3)C1(CC)OC1CC(OC)C(OC)C(C)O1)c1c(O)c3c(c(O)c1C2N=[N-])C(=O)C=CC3=O. The summed E-state index contributed by atoms with van der Waals surface area (Å²) in [6.45, 7) is 10.2. The second-order valence-corrected chi connectivity index (χ2v) is 27.5. The lowest BCUT2D eigenvalue weighted by atomic mass is 9.55. The molecule has 2 aromatic carbocycles. The Morgan fingerprint density at radius 2 is 0.949 bits per heavy atom. The number of methoxy groups -OCH3 is 4. The first-order chi connectivity index (χ1) is 46.5. The highest BCUT2D eigenvalue weighted by Gasteiger charge is 2.71. The van der Waals surface area contributed by atoms with Gasteiger partial charge in [0.2, 0.25) is 0 Å². The van der Waals surface area contributed by atoms with E-state index in [1.807, 2.05) is 0 Å². The van der Waals surface area contributed by atoms with Gasteiger partial charge >= 0.3 is 0 Å². The first-order valence-electron chi connectivity index (χ1n) is 33.2. The second-order valence-electron chi connectivity index (χ2n) is 27.5. The van der Waals surface area contributed by atoms with Crippen LogP contribution in [0.5, 0.6) is 23.0 Å². The van der Waals surface area contributed by atoms with Gasteiger partial charge in [0.15, 0.2) is 54.1 Å². The number of aliphatic hydroxyl groups excluding tert-OH is 3. The molecule has 10 aliphatic rings. The van der Waals surface area contributed by atoms with Gasteiger partial charge in [0.05, 0.1) is 101 Å². The molecule has 7 N–H and O–H groups in total. The fourth-order valence-electron chi connectivity index (χ4n) is 17.9. The summed E-state index contributed by atoms with van der Waals surface area (Å²) in [6.07, 6.45) is -14.5. The molecule has 0 amide bonds. The molecule has 12 rings (SSSR count). The first kappa shape index (κ1) is 71.3. The molecule has 4 fully saturated rings. The number of carbonyl (C=O) groups excluding carboxylic acids is 5. The lowest BCUT2D eigenvalue weighted by Gasteiger charge is -2.59. The molecule has 98 heavy (non-hydrogen) atoms. The zero-order chi connectivity index (χ0) is 71.0. The second kappa shape index (κ2) is 26.8. The number of ketones is 5. The molecule has 28 nitrogen and oxygen atoms in total. The number of phenolic OH excluding ortho intramolecular Hbond substituents is 4. The molecular weight excluding hydrogens is 1280 g/mol. The van der Waals surface area contributed by atoms with Crippen molar-refractivity contribution in [3.05, 3.63) is 91.2 Å². The Balaban J connectivity index is 1.22. The van der Waals surface area contributed by atoms with E-state index in [-0.39, 0.29) is 54.4 Å². The van der Waals surface area contributed by atoms with Crippen LogP contribution in [0.3, 0.4) is 0 Å². The topological polar surface area (TPSA) is 379 Å². The Bertz CT molecular complexity index is 3760. The minimum Gasteiger partial charge on any atom is -0.711 e. The van der Waals surface area contributed by atoms with Crippen molar-refractivity contribution in [1.82, 2.24) is 9.80 Å². The molecule has 0 bridgehead atoms. The minimum atomic E-state index is -2.47. The number of nitrogens with zero attached hydrogens (tertiary/aromatic N) is 4. The molecule has 0 aromatic heterocycles. The number of ether oxygens (including phenoxy) is 12. The summed E-state index contributed by atoms with van der Waals surface area (Å²) >= 11 is 0. The van der Waals surface area contributed by atoms with E-state index in [4.69, 9.17) is 56.8 Å². The lowest BCUT2D eigenvalue weighted by molar-refractivity contribution is -0.348. The zero-order valence-electron chi connectivity index (χ0n) is 57.1. The van der Waals surface area contributed by atoms with Crippen molar-refractivity contribution in [2.45, 2.75) is 208 Å². The predicted octanol–water partition coefficient (Wildman–Crippen LogP) is 5.69. The van der Waals surface area contributed by atoms with Crippen LogP contribution in [0.1, 0.15) is 150 Å². The molecule has 0 saturated carbocycles. The van der Waals surface area contributed by atoms with Crippen LogP contribution >= 0.6 is 0 Å². The van der Waals surface area contributed by atoms with Crippen molar-refractivity contribution in [3.8, 4) is 23.0 Å². The van der Waals surface area contributed by atoms with Gasteiger partial charge in [0, 0.05) is 93.1 Å². The van der Waals surface area contributed by atoms with E-state index < -0.39 is 248 Å². The van der Waals surface area contributed by atoms with Gasteiger partial charge in [-0.15, -0.1) is 0 Å². The summed E-state index contributed by atoms with van der Waals surface area (Å²) in [7, 11) is 12.9. The summed E-state index contributed by atoms with van der Waals surface area (Å²) in [5, 5.41) is 93.7. The standard InChI is InChI=1S/C70H87N4O24/c1-15-69(97-42-24-38(87-11)65(89-13)28(5)93-42)54(63(85)45-31(67(69)95-40-22-36(79)57(73(7)8)26(3)91-40)21-30-44(45)60(82)47-33(76)18-17-32(75)46(47)59(30)81)55-64(86)51-50-52(62(84)49-35(78)20-19-34(77)48(49)61(50)83)56(72-71)53(51)68(96-41-23-37(80)58(74(9)10)27(4)92-41)70(55,16-2)98-43-25-39(88-12)66(90-14)29(6)94-43/h17-21,26-29,36-43,54-58,65-68,79-85H,15-16,22-25H2,1-14H3/q-1. The average molecular weight is 1370 g/mol. The van der Waals surface area contributed by atoms with Crippen molar-refractivity contribution in [2.75, 3.05) is 56.6 Å². The molecule has 0 radical (unpaired) electrons. The third-order valence-electron chi connectivity index (χ3n) is 22.0. The molecule has 23 atom stereocenters. The van der Waals surface area contributed by atoms with Gasteiger partial charge in [0.25, 0.3) is 0 Å². The van der Waals surface area contributed by atoms with Crippen LogP contribution in [0.2, 0.25) is 0 Å². The number of aliphatic hydroxyl groups is 3. The number of rotatable bonds is 18. The lowest BCUT2D eigenvalue weighted by Crippen LogP contribution is -2.70. The van der Waals surface area contributed by atoms with Crippen molar-refractivity contribution >= 4 is 46.1 Å². The minimum absolute atomic E-state index is 0.0689. The van der Waals surface area contributed by atoms with Gasteiger partial charge in [-0.1, -0.05) is 13.8 Å². The maximum Gasteiger partial charge on any atom is 0.190 e.